The summed E-state index contributed by atoms with van der Waals surface area (Å²) in [5.41, 5.74) is 9.38. The molecular weight excluding hydrogens is 274 g/mol. The van der Waals surface area contributed by atoms with Crippen LogP contribution in [0.15, 0.2) is 42.5 Å². The molecule has 3 heteroatoms. The first-order valence-corrected chi connectivity index (χ1v) is 7.74. The Morgan fingerprint density at radius 1 is 1.14 bits per heavy atom. The number of Topliss-reactive ketones (excluding diaryl/α,β-unsaturated/α-hetero) is 1. The summed E-state index contributed by atoms with van der Waals surface area (Å²) >= 11 is 0. The number of ketones is 1. The molecule has 22 heavy (non-hydrogen) atoms. The van der Waals surface area contributed by atoms with E-state index in [1.165, 1.54) is 0 Å². The molecule has 0 spiro atoms. The lowest BCUT2D eigenvalue weighted by atomic mass is 9.96. The van der Waals surface area contributed by atoms with E-state index in [1.807, 2.05) is 24.3 Å². The molecule has 0 radical (unpaired) electrons. The van der Waals surface area contributed by atoms with Gasteiger partial charge in [-0.15, -0.1) is 0 Å². The highest BCUT2D eigenvalue weighted by atomic mass is 16.5. The summed E-state index contributed by atoms with van der Waals surface area (Å²) in [6.45, 7) is 5.91. The number of nitrogens with two attached hydrogens (primary N) is 1. The predicted molar refractivity (Wildman–Crippen MR) is 90.5 cm³/mol. The number of anilines is 1. The van der Waals surface area contributed by atoms with Crippen LogP contribution in [0.2, 0.25) is 0 Å². The van der Waals surface area contributed by atoms with Gasteiger partial charge in [0.25, 0.3) is 0 Å². The molecule has 0 aliphatic carbocycles. The van der Waals surface area contributed by atoms with Gasteiger partial charge in [-0.2, -0.15) is 0 Å². The lowest BCUT2D eigenvalue weighted by molar-refractivity contribution is 0.0818. The lowest BCUT2D eigenvalue weighted by Crippen LogP contribution is -2.25. The predicted octanol–water partition coefficient (Wildman–Crippen LogP) is 4.04. The van der Waals surface area contributed by atoms with Crippen LogP contribution in [-0.2, 0) is 12.8 Å². The summed E-state index contributed by atoms with van der Waals surface area (Å²) in [5, 5.41) is 0. The van der Waals surface area contributed by atoms with E-state index < -0.39 is 6.10 Å². The van der Waals surface area contributed by atoms with E-state index in [1.54, 1.807) is 19.1 Å². The normalized spacial score (nSPS) is 12.0. The van der Waals surface area contributed by atoms with Gasteiger partial charge in [-0.05, 0) is 49.1 Å². The minimum Gasteiger partial charge on any atom is -0.480 e. The third-order valence-electron chi connectivity index (χ3n) is 3.82. The fourth-order valence-electron chi connectivity index (χ4n) is 2.43. The van der Waals surface area contributed by atoms with Crippen LogP contribution < -0.4 is 10.5 Å². The number of nitrogen functional groups attached to an aromatic ring is 1. The number of para-hydroxylation sites is 2. The third kappa shape index (κ3) is 3.48. The summed E-state index contributed by atoms with van der Waals surface area (Å²) in [6, 6.07) is 13.3. The monoisotopic (exact) mass is 297 g/mol. The van der Waals surface area contributed by atoms with Crippen LogP contribution >= 0.6 is 0 Å². The molecule has 0 heterocycles. The highest BCUT2D eigenvalue weighted by molar-refractivity contribution is 6.01. The van der Waals surface area contributed by atoms with Crippen molar-refractivity contribution in [1.82, 2.24) is 0 Å². The Morgan fingerprint density at radius 2 is 1.86 bits per heavy atom. The van der Waals surface area contributed by atoms with E-state index in [2.05, 4.69) is 19.9 Å². The van der Waals surface area contributed by atoms with E-state index >= 15 is 0 Å². The Morgan fingerprint density at radius 3 is 2.50 bits per heavy atom. The second-order valence-corrected chi connectivity index (χ2v) is 5.36. The zero-order chi connectivity index (χ0) is 16.1. The third-order valence-corrected chi connectivity index (χ3v) is 3.82. The first-order chi connectivity index (χ1) is 10.6. The molecule has 116 valence electrons. The molecule has 2 N–H and O–H groups in total. The Labute approximate surface area is 132 Å². The molecule has 2 aromatic rings. The summed E-state index contributed by atoms with van der Waals surface area (Å²) in [6.07, 6.45) is 1.17. The molecule has 0 saturated carbocycles. The molecule has 0 fully saturated rings. The van der Waals surface area contributed by atoms with Gasteiger partial charge in [-0.25, -0.2) is 0 Å². The molecule has 0 amide bonds. The molecule has 3 nitrogen and oxygen atoms in total. The van der Waals surface area contributed by atoms with Crippen molar-refractivity contribution in [3.05, 3.63) is 59.2 Å². The average Bonchev–Trinajstić information content (AvgIpc) is 2.55. The largest absolute Gasteiger partial charge is 0.480 e. The Kier molecular flexibility index (Phi) is 5.21. The number of rotatable bonds is 6. The summed E-state index contributed by atoms with van der Waals surface area (Å²) in [4.78, 5) is 12.7. The second kappa shape index (κ2) is 7.12. The highest BCUT2D eigenvalue weighted by Crippen LogP contribution is 2.23. The van der Waals surface area contributed by atoms with Crippen LogP contribution in [0, 0.1) is 0 Å². The zero-order valence-corrected chi connectivity index (χ0v) is 13.4. The molecule has 0 aliphatic rings. The van der Waals surface area contributed by atoms with Gasteiger partial charge in [0, 0.05) is 5.56 Å². The van der Waals surface area contributed by atoms with Crippen LogP contribution in [0.1, 0.15) is 42.3 Å². The molecule has 0 saturated heterocycles. The smallest absolute Gasteiger partial charge is 0.203 e. The lowest BCUT2D eigenvalue weighted by Gasteiger charge is -2.17. The first kappa shape index (κ1) is 16.1. The van der Waals surface area contributed by atoms with Gasteiger partial charge < -0.3 is 10.5 Å². The number of carbonyl (C=O) groups excluding carboxylic acids is 1. The highest BCUT2D eigenvalue weighted by Gasteiger charge is 2.20. The molecule has 0 aliphatic heterocycles. The molecule has 0 bridgehead atoms. The number of carbonyl (C=O) groups is 1. The molecule has 1 unspecified atom stereocenters. The Balaban J connectivity index is 2.25. The second-order valence-electron chi connectivity index (χ2n) is 5.36. The minimum absolute atomic E-state index is 0.00426. The van der Waals surface area contributed by atoms with Crippen molar-refractivity contribution >= 4 is 11.5 Å². The van der Waals surface area contributed by atoms with Crippen molar-refractivity contribution in [2.75, 3.05) is 5.73 Å². The van der Waals surface area contributed by atoms with Crippen LogP contribution in [0.5, 0.6) is 5.75 Å². The molecule has 1 atom stereocenters. The van der Waals surface area contributed by atoms with Crippen LogP contribution in [0.3, 0.4) is 0 Å². The van der Waals surface area contributed by atoms with Gasteiger partial charge in [-0.1, -0.05) is 38.1 Å². The number of hydrogen-bond donors (Lipinski definition) is 1. The van der Waals surface area contributed by atoms with E-state index in [9.17, 15) is 4.79 Å². The molecule has 2 rings (SSSR count). The van der Waals surface area contributed by atoms with Crippen molar-refractivity contribution in [1.29, 1.82) is 0 Å². The Hall–Kier alpha value is -2.29. The van der Waals surface area contributed by atoms with Crippen molar-refractivity contribution < 1.29 is 9.53 Å². The van der Waals surface area contributed by atoms with Gasteiger partial charge in [-0.3, -0.25) is 4.79 Å². The number of benzene rings is 2. The van der Waals surface area contributed by atoms with E-state index in [4.69, 9.17) is 10.5 Å². The summed E-state index contributed by atoms with van der Waals surface area (Å²) in [5.74, 6) is 0.545. The average molecular weight is 297 g/mol. The fraction of sp³-hybridized carbons (Fsp3) is 0.316. The maximum Gasteiger partial charge on any atom is 0.203 e. The van der Waals surface area contributed by atoms with Gasteiger partial charge in [0.1, 0.15) is 5.75 Å². The van der Waals surface area contributed by atoms with E-state index in [0.717, 1.165) is 29.5 Å². The van der Waals surface area contributed by atoms with Crippen LogP contribution in [0.4, 0.5) is 5.69 Å². The maximum atomic E-state index is 12.7. The maximum absolute atomic E-state index is 12.7. The number of ether oxygens (including phenoxy) is 1. The summed E-state index contributed by atoms with van der Waals surface area (Å²) < 4.78 is 5.76. The van der Waals surface area contributed by atoms with Gasteiger partial charge >= 0.3 is 0 Å². The van der Waals surface area contributed by atoms with Crippen molar-refractivity contribution in [2.45, 2.75) is 39.7 Å². The van der Waals surface area contributed by atoms with Gasteiger partial charge in [0.05, 0.1) is 5.69 Å². The first-order valence-electron chi connectivity index (χ1n) is 7.74. The molecule has 0 aromatic heterocycles. The Bertz CT molecular complexity index is 664. The number of aryl methyl sites for hydroxylation is 2. The standard InChI is InChI=1S/C19H23NO2/c1-4-14-10-11-15(5-2)16(12-14)19(21)13(3)22-18-9-7-6-8-17(18)20/h6-13H,4-5,20H2,1-3H3. The molecule has 2 aromatic carbocycles. The SMILES string of the molecule is CCc1ccc(CC)c(C(=O)C(C)Oc2ccccc2N)c1. The van der Waals surface area contributed by atoms with E-state index in [0.29, 0.717) is 11.4 Å². The number of hydrogen-bond acceptors (Lipinski definition) is 3. The van der Waals surface area contributed by atoms with Gasteiger partial charge in [0.2, 0.25) is 5.78 Å². The van der Waals surface area contributed by atoms with Crippen molar-refractivity contribution in [2.24, 2.45) is 0 Å². The fourth-order valence-corrected chi connectivity index (χ4v) is 2.43. The topological polar surface area (TPSA) is 52.3 Å². The zero-order valence-electron chi connectivity index (χ0n) is 13.4. The van der Waals surface area contributed by atoms with E-state index in [-0.39, 0.29) is 5.78 Å². The minimum atomic E-state index is -0.567. The van der Waals surface area contributed by atoms with Crippen molar-refractivity contribution in [3.8, 4) is 5.75 Å². The molecular formula is C19H23NO2. The van der Waals surface area contributed by atoms with Crippen molar-refractivity contribution in [3.63, 3.8) is 0 Å². The quantitative estimate of drug-likeness (QED) is 0.646. The van der Waals surface area contributed by atoms with Gasteiger partial charge in [0.15, 0.2) is 6.10 Å². The van der Waals surface area contributed by atoms with Crippen LogP contribution in [-0.4, -0.2) is 11.9 Å². The van der Waals surface area contributed by atoms with Crippen LogP contribution in [0.25, 0.3) is 0 Å². The summed E-state index contributed by atoms with van der Waals surface area (Å²) in [7, 11) is 0.